The van der Waals surface area contributed by atoms with Gasteiger partial charge in [-0.1, -0.05) is 0 Å². The highest BCUT2D eigenvalue weighted by Crippen LogP contribution is 2.22. The van der Waals surface area contributed by atoms with Gasteiger partial charge in [-0.25, -0.2) is 4.79 Å². The normalized spacial score (nSPS) is 15.1. The van der Waals surface area contributed by atoms with Gasteiger partial charge in [-0.05, 0) is 45.9 Å². The second-order valence-electron chi connectivity index (χ2n) is 5.67. The minimum absolute atomic E-state index is 0.0441. The molecule has 0 saturated heterocycles. The van der Waals surface area contributed by atoms with E-state index in [-0.39, 0.29) is 18.6 Å². The van der Waals surface area contributed by atoms with Crippen molar-refractivity contribution in [3.05, 3.63) is 47.3 Å². The quantitative estimate of drug-likeness (QED) is 0.792. The summed E-state index contributed by atoms with van der Waals surface area (Å²) in [6.45, 7) is 7.23. The van der Waals surface area contributed by atoms with Gasteiger partial charge >= 0.3 is 6.03 Å². The van der Waals surface area contributed by atoms with Crippen molar-refractivity contribution in [2.45, 2.75) is 39.3 Å². The van der Waals surface area contributed by atoms with Gasteiger partial charge in [0.2, 0.25) is 0 Å². The minimum Gasteiger partial charge on any atom is -0.466 e. The molecule has 0 aliphatic heterocycles. The molecular weight excluding hydrogens is 284 g/mol. The van der Waals surface area contributed by atoms with E-state index in [1.54, 1.807) is 19.1 Å². The number of urea groups is 1. The summed E-state index contributed by atoms with van der Waals surface area (Å²) in [5.41, 5.74) is -0.322. The van der Waals surface area contributed by atoms with Gasteiger partial charge in [0.05, 0.1) is 18.8 Å². The maximum absolute atomic E-state index is 12.0. The van der Waals surface area contributed by atoms with Gasteiger partial charge in [0.1, 0.15) is 22.9 Å². The number of hydrogen-bond donors (Lipinski definition) is 3. The lowest BCUT2D eigenvalue weighted by Gasteiger charge is -2.22. The van der Waals surface area contributed by atoms with Crippen LogP contribution in [0, 0.1) is 13.8 Å². The monoisotopic (exact) mass is 306 g/mol. The standard InChI is InChI=1S/C16H22N2O4/c1-10-8-13(12(3)22-10)11(2)18-15(19)17-9-16(4,20)14-6-5-7-21-14/h5-8,11,20H,9H2,1-4H3,(H2,17,18,19)/t11-,16+/m0/s1. The number of nitrogens with one attached hydrogen (secondary N) is 2. The van der Waals surface area contributed by atoms with E-state index < -0.39 is 5.60 Å². The average molecular weight is 306 g/mol. The number of aryl methyl sites for hydroxylation is 2. The summed E-state index contributed by atoms with van der Waals surface area (Å²) in [5, 5.41) is 15.7. The molecule has 0 saturated carbocycles. The van der Waals surface area contributed by atoms with E-state index in [0.29, 0.717) is 5.76 Å². The van der Waals surface area contributed by atoms with E-state index in [1.807, 2.05) is 26.8 Å². The summed E-state index contributed by atoms with van der Waals surface area (Å²) in [7, 11) is 0. The van der Waals surface area contributed by atoms with Crippen LogP contribution in [0.15, 0.2) is 33.3 Å². The SMILES string of the molecule is Cc1cc([C@H](C)NC(=O)NC[C@@](C)(O)c2ccco2)c(C)o1. The lowest BCUT2D eigenvalue weighted by Crippen LogP contribution is -2.44. The molecule has 22 heavy (non-hydrogen) atoms. The zero-order chi connectivity index (χ0) is 16.3. The van der Waals surface area contributed by atoms with Crippen molar-refractivity contribution in [1.82, 2.24) is 10.6 Å². The molecule has 3 N–H and O–H groups in total. The molecule has 0 radical (unpaired) electrons. The Morgan fingerprint density at radius 1 is 1.45 bits per heavy atom. The fourth-order valence-electron chi connectivity index (χ4n) is 2.33. The summed E-state index contributed by atoms with van der Waals surface area (Å²) in [6, 6.07) is 4.71. The van der Waals surface area contributed by atoms with Crippen molar-refractivity contribution >= 4 is 6.03 Å². The van der Waals surface area contributed by atoms with Crippen LogP contribution in [-0.2, 0) is 5.60 Å². The number of rotatable bonds is 5. The molecule has 2 amide bonds. The summed E-state index contributed by atoms with van der Waals surface area (Å²) < 4.78 is 10.6. The zero-order valence-electron chi connectivity index (χ0n) is 13.3. The van der Waals surface area contributed by atoms with Crippen LogP contribution >= 0.6 is 0 Å². The van der Waals surface area contributed by atoms with Crippen LogP contribution in [0.4, 0.5) is 4.79 Å². The Morgan fingerprint density at radius 2 is 2.18 bits per heavy atom. The molecule has 2 atom stereocenters. The highest BCUT2D eigenvalue weighted by Gasteiger charge is 2.27. The average Bonchev–Trinajstić information content (AvgIpc) is 3.06. The first-order valence-electron chi connectivity index (χ1n) is 7.17. The third-order valence-corrected chi connectivity index (χ3v) is 3.54. The molecule has 2 rings (SSSR count). The molecule has 120 valence electrons. The Bertz CT molecular complexity index is 629. The first kappa shape index (κ1) is 16.2. The predicted octanol–water partition coefficient (Wildman–Crippen LogP) is 2.76. The minimum atomic E-state index is -1.26. The lowest BCUT2D eigenvalue weighted by molar-refractivity contribution is 0.0366. The zero-order valence-corrected chi connectivity index (χ0v) is 13.3. The first-order chi connectivity index (χ1) is 10.3. The molecule has 0 aliphatic rings. The van der Waals surface area contributed by atoms with Gasteiger partial charge in [0, 0.05) is 5.56 Å². The van der Waals surface area contributed by atoms with Gasteiger partial charge in [0.25, 0.3) is 0 Å². The van der Waals surface area contributed by atoms with Crippen LogP contribution < -0.4 is 10.6 Å². The Morgan fingerprint density at radius 3 is 2.73 bits per heavy atom. The van der Waals surface area contributed by atoms with Crippen molar-refractivity contribution in [3.63, 3.8) is 0 Å². The van der Waals surface area contributed by atoms with Crippen LogP contribution in [0.25, 0.3) is 0 Å². The van der Waals surface area contributed by atoms with Crippen molar-refractivity contribution in [2.24, 2.45) is 0 Å². The molecular formula is C16H22N2O4. The lowest BCUT2D eigenvalue weighted by atomic mass is 10.0. The van der Waals surface area contributed by atoms with Crippen molar-refractivity contribution in [3.8, 4) is 0 Å². The number of hydrogen-bond acceptors (Lipinski definition) is 4. The van der Waals surface area contributed by atoms with E-state index in [4.69, 9.17) is 8.83 Å². The first-order valence-corrected chi connectivity index (χ1v) is 7.17. The maximum atomic E-state index is 12.0. The van der Waals surface area contributed by atoms with Crippen LogP contribution in [0.5, 0.6) is 0 Å². The molecule has 0 aromatic carbocycles. The Labute approximate surface area is 129 Å². The van der Waals surface area contributed by atoms with Gasteiger partial charge in [-0.2, -0.15) is 0 Å². The Kier molecular flexibility index (Phi) is 4.61. The molecule has 2 heterocycles. The number of carbonyl (C=O) groups is 1. The number of aliphatic hydroxyl groups is 1. The summed E-state index contributed by atoms with van der Waals surface area (Å²) in [4.78, 5) is 12.0. The molecule has 6 nitrogen and oxygen atoms in total. The third kappa shape index (κ3) is 3.71. The van der Waals surface area contributed by atoms with Gasteiger partial charge in [-0.3, -0.25) is 0 Å². The Balaban J connectivity index is 1.89. The third-order valence-electron chi connectivity index (χ3n) is 3.54. The largest absolute Gasteiger partial charge is 0.466 e. The van der Waals surface area contributed by atoms with Crippen LogP contribution in [0.2, 0.25) is 0 Å². The second kappa shape index (κ2) is 6.27. The van der Waals surface area contributed by atoms with E-state index in [2.05, 4.69) is 10.6 Å². The molecule has 2 aromatic heterocycles. The maximum Gasteiger partial charge on any atom is 0.315 e. The molecule has 6 heteroatoms. The molecule has 0 aliphatic carbocycles. The fraction of sp³-hybridized carbons (Fsp3) is 0.438. The van der Waals surface area contributed by atoms with Crippen molar-refractivity contribution < 1.29 is 18.7 Å². The van der Waals surface area contributed by atoms with Crippen molar-refractivity contribution in [1.29, 1.82) is 0 Å². The second-order valence-corrected chi connectivity index (χ2v) is 5.67. The van der Waals surface area contributed by atoms with Crippen LogP contribution in [0.1, 0.15) is 42.7 Å². The number of furan rings is 2. The van der Waals surface area contributed by atoms with Gasteiger partial charge < -0.3 is 24.6 Å². The highest BCUT2D eigenvalue weighted by atomic mass is 16.4. The molecule has 0 fully saturated rings. The van der Waals surface area contributed by atoms with Crippen molar-refractivity contribution in [2.75, 3.05) is 6.54 Å². The van der Waals surface area contributed by atoms with E-state index >= 15 is 0 Å². The molecule has 0 unspecified atom stereocenters. The summed E-state index contributed by atoms with van der Waals surface area (Å²) >= 11 is 0. The number of carbonyl (C=O) groups excluding carboxylic acids is 1. The molecule has 0 spiro atoms. The van der Waals surface area contributed by atoms with Crippen LogP contribution in [-0.4, -0.2) is 17.7 Å². The van der Waals surface area contributed by atoms with E-state index in [1.165, 1.54) is 6.26 Å². The summed E-state index contributed by atoms with van der Waals surface area (Å²) in [6.07, 6.45) is 1.48. The number of amides is 2. The van der Waals surface area contributed by atoms with E-state index in [9.17, 15) is 9.90 Å². The van der Waals surface area contributed by atoms with Crippen LogP contribution in [0.3, 0.4) is 0 Å². The highest BCUT2D eigenvalue weighted by molar-refractivity contribution is 5.74. The molecule has 0 bridgehead atoms. The topological polar surface area (TPSA) is 87.6 Å². The fourth-order valence-corrected chi connectivity index (χ4v) is 2.33. The summed E-state index contributed by atoms with van der Waals surface area (Å²) in [5.74, 6) is 2.00. The molecule has 2 aromatic rings. The van der Waals surface area contributed by atoms with Gasteiger partial charge in [-0.15, -0.1) is 0 Å². The Hall–Kier alpha value is -2.21. The van der Waals surface area contributed by atoms with Gasteiger partial charge in [0.15, 0.2) is 0 Å². The van der Waals surface area contributed by atoms with E-state index in [0.717, 1.165) is 17.1 Å². The smallest absolute Gasteiger partial charge is 0.315 e. The predicted molar refractivity (Wildman–Crippen MR) is 81.4 cm³/mol.